The SMILES string of the molecule is CCNc1ncc(Br)c(NC(CC)c2cccs2)n1. The van der Waals surface area contributed by atoms with E-state index in [1.54, 1.807) is 17.5 Å². The average Bonchev–Trinajstić information content (AvgIpc) is 2.93. The van der Waals surface area contributed by atoms with Crippen molar-refractivity contribution in [3.8, 4) is 0 Å². The Balaban J connectivity index is 2.19. The van der Waals surface area contributed by atoms with Crippen molar-refractivity contribution >= 4 is 39.0 Å². The molecule has 2 heterocycles. The summed E-state index contributed by atoms with van der Waals surface area (Å²) in [6.45, 7) is 5.00. The third kappa shape index (κ3) is 3.67. The molecule has 6 heteroatoms. The number of hydrogen-bond donors (Lipinski definition) is 2. The Morgan fingerprint density at radius 2 is 2.26 bits per heavy atom. The van der Waals surface area contributed by atoms with E-state index in [1.165, 1.54) is 4.88 Å². The molecule has 102 valence electrons. The van der Waals surface area contributed by atoms with Gasteiger partial charge in [0.25, 0.3) is 0 Å². The van der Waals surface area contributed by atoms with Crippen LogP contribution < -0.4 is 10.6 Å². The Kier molecular flexibility index (Phi) is 5.15. The lowest BCUT2D eigenvalue weighted by Crippen LogP contribution is -2.11. The van der Waals surface area contributed by atoms with Gasteiger partial charge >= 0.3 is 0 Å². The molecular formula is C13H17BrN4S. The highest BCUT2D eigenvalue weighted by atomic mass is 79.9. The van der Waals surface area contributed by atoms with Gasteiger partial charge < -0.3 is 10.6 Å². The van der Waals surface area contributed by atoms with Crippen molar-refractivity contribution in [2.24, 2.45) is 0 Å². The zero-order valence-corrected chi connectivity index (χ0v) is 13.4. The summed E-state index contributed by atoms with van der Waals surface area (Å²) in [5, 5.41) is 8.69. The van der Waals surface area contributed by atoms with Crippen molar-refractivity contribution in [2.45, 2.75) is 26.3 Å². The number of anilines is 2. The van der Waals surface area contributed by atoms with E-state index < -0.39 is 0 Å². The van der Waals surface area contributed by atoms with Crippen LogP contribution in [0.2, 0.25) is 0 Å². The van der Waals surface area contributed by atoms with E-state index in [4.69, 9.17) is 0 Å². The Hall–Kier alpha value is -1.14. The van der Waals surface area contributed by atoms with E-state index in [2.05, 4.69) is 61.0 Å². The second-order valence-corrected chi connectivity index (χ2v) is 5.87. The molecule has 2 N–H and O–H groups in total. The summed E-state index contributed by atoms with van der Waals surface area (Å²) in [5.74, 6) is 1.47. The molecular weight excluding hydrogens is 324 g/mol. The molecule has 19 heavy (non-hydrogen) atoms. The molecule has 0 amide bonds. The maximum Gasteiger partial charge on any atom is 0.224 e. The van der Waals surface area contributed by atoms with Crippen molar-refractivity contribution in [3.63, 3.8) is 0 Å². The molecule has 0 spiro atoms. The highest BCUT2D eigenvalue weighted by Gasteiger charge is 2.13. The normalized spacial score (nSPS) is 12.2. The Morgan fingerprint density at radius 3 is 2.89 bits per heavy atom. The van der Waals surface area contributed by atoms with E-state index in [1.807, 2.05) is 6.92 Å². The monoisotopic (exact) mass is 340 g/mol. The summed E-state index contributed by atoms with van der Waals surface area (Å²) in [4.78, 5) is 10.0. The van der Waals surface area contributed by atoms with Crippen LogP contribution in [0.1, 0.15) is 31.2 Å². The largest absolute Gasteiger partial charge is 0.361 e. The maximum absolute atomic E-state index is 4.48. The van der Waals surface area contributed by atoms with Crippen LogP contribution in [-0.4, -0.2) is 16.5 Å². The molecule has 2 rings (SSSR count). The van der Waals surface area contributed by atoms with Crippen molar-refractivity contribution < 1.29 is 0 Å². The lowest BCUT2D eigenvalue weighted by molar-refractivity contribution is 0.757. The second kappa shape index (κ2) is 6.86. The van der Waals surface area contributed by atoms with E-state index in [0.29, 0.717) is 5.95 Å². The van der Waals surface area contributed by atoms with E-state index in [9.17, 15) is 0 Å². The molecule has 4 nitrogen and oxygen atoms in total. The fourth-order valence-corrected chi connectivity index (χ4v) is 2.91. The van der Waals surface area contributed by atoms with E-state index >= 15 is 0 Å². The highest BCUT2D eigenvalue weighted by Crippen LogP contribution is 2.29. The van der Waals surface area contributed by atoms with Gasteiger partial charge in [-0.3, -0.25) is 0 Å². The number of halogens is 1. The predicted octanol–water partition coefficient (Wildman–Crippen LogP) is 4.30. The van der Waals surface area contributed by atoms with Gasteiger partial charge in [-0.05, 0) is 40.7 Å². The smallest absolute Gasteiger partial charge is 0.224 e. The van der Waals surface area contributed by atoms with Gasteiger partial charge in [0.1, 0.15) is 5.82 Å². The zero-order valence-electron chi connectivity index (χ0n) is 11.0. The first-order valence-corrected chi connectivity index (χ1v) is 7.98. The van der Waals surface area contributed by atoms with Gasteiger partial charge in [-0.15, -0.1) is 11.3 Å². The molecule has 0 radical (unpaired) electrons. The summed E-state index contributed by atoms with van der Waals surface area (Å²) in [7, 11) is 0. The highest BCUT2D eigenvalue weighted by molar-refractivity contribution is 9.10. The standard InChI is InChI=1S/C13H17BrN4S/c1-3-10(11-6-5-7-19-11)17-12-9(14)8-16-13(18-12)15-4-2/h5-8,10H,3-4H2,1-2H3,(H2,15,16,17,18). The van der Waals surface area contributed by atoms with Crippen molar-refractivity contribution in [3.05, 3.63) is 33.1 Å². The number of nitrogens with one attached hydrogen (secondary N) is 2. The third-order valence-corrected chi connectivity index (χ3v) is 4.25. The molecule has 0 aliphatic rings. The van der Waals surface area contributed by atoms with Crippen molar-refractivity contribution in [1.82, 2.24) is 9.97 Å². The summed E-state index contributed by atoms with van der Waals surface area (Å²) < 4.78 is 0.879. The molecule has 2 aromatic rings. The third-order valence-electron chi connectivity index (χ3n) is 2.68. The molecule has 0 aliphatic heterocycles. The summed E-state index contributed by atoms with van der Waals surface area (Å²) >= 11 is 5.25. The maximum atomic E-state index is 4.48. The zero-order chi connectivity index (χ0) is 13.7. The minimum absolute atomic E-state index is 0.278. The first kappa shape index (κ1) is 14.3. The first-order chi connectivity index (χ1) is 9.24. The van der Waals surface area contributed by atoms with Gasteiger partial charge in [0.15, 0.2) is 0 Å². The average molecular weight is 341 g/mol. The molecule has 0 saturated carbocycles. The molecule has 0 bridgehead atoms. The molecule has 1 atom stereocenters. The van der Waals surface area contributed by atoms with E-state index in [0.717, 1.165) is 23.3 Å². The second-order valence-electron chi connectivity index (χ2n) is 4.04. The van der Waals surface area contributed by atoms with Gasteiger partial charge in [-0.2, -0.15) is 4.98 Å². The summed E-state index contributed by atoms with van der Waals surface area (Å²) in [6.07, 6.45) is 2.78. The Bertz CT molecular complexity index is 515. The van der Waals surface area contributed by atoms with Crippen LogP contribution in [0, 0.1) is 0 Å². The van der Waals surface area contributed by atoms with Crippen LogP contribution in [0.25, 0.3) is 0 Å². The molecule has 1 unspecified atom stereocenters. The minimum atomic E-state index is 0.278. The van der Waals surface area contributed by atoms with Gasteiger partial charge in [0.05, 0.1) is 10.5 Å². The van der Waals surface area contributed by atoms with Crippen LogP contribution >= 0.6 is 27.3 Å². The lowest BCUT2D eigenvalue weighted by Gasteiger charge is -2.17. The van der Waals surface area contributed by atoms with Crippen LogP contribution in [0.5, 0.6) is 0 Å². The van der Waals surface area contributed by atoms with Gasteiger partial charge in [-0.1, -0.05) is 13.0 Å². The van der Waals surface area contributed by atoms with Crippen LogP contribution in [0.15, 0.2) is 28.2 Å². The Morgan fingerprint density at radius 1 is 1.42 bits per heavy atom. The van der Waals surface area contributed by atoms with Crippen LogP contribution in [-0.2, 0) is 0 Å². The Labute approximate surface area is 125 Å². The van der Waals surface area contributed by atoms with Crippen molar-refractivity contribution in [2.75, 3.05) is 17.2 Å². The predicted molar refractivity (Wildman–Crippen MR) is 84.9 cm³/mol. The number of hydrogen-bond acceptors (Lipinski definition) is 5. The topological polar surface area (TPSA) is 49.8 Å². The fraction of sp³-hybridized carbons (Fsp3) is 0.385. The minimum Gasteiger partial charge on any atom is -0.361 e. The van der Waals surface area contributed by atoms with Gasteiger partial charge in [0.2, 0.25) is 5.95 Å². The van der Waals surface area contributed by atoms with Gasteiger partial charge in [0, 0.05) is 17.6 Å². The number of nitrogens with zero attached hydrogens (tertiary/aromatic N) is 2. The number of aromatic nitrogens is 2. The molecule has 2 aromatic heterocycles. The quantitative estimate of drug-likeness (QED) is 0.823. The lowest BCUT2D eigenvalue weighted by atomic mass is 10.2. The fourth-order valence-electron chi connectivity index (χ4n) is 1.74. The molecule has 0 fully saturated rings. The van der Waals surface area contributed by atoms with Crippen molar-refractivity contribution in [1.29, 1.82) is 0 Å². The number of thiophene rings is 1. The number of rotatable bonds is 6. The van der Waals surface area contributed by atoms with Crippen LogP contribution in [0.3, 0.4) is 0 Å². The van der Waals surface area contributed by atoms with Crippen LogP contribution in [0.4, 0.5) is 11.8 Å². The van der Waals surface area contributed by atoms with E-state index in [-0.39, 0.29) is 6.04 Å². The molecule has 0 aliphatic carbocycles. The molecule has 0 saturated heterocycles. The summed E-state index contributed by atoms with van der Waals surface area (Å²) in [5.41, 5.74) is 0. The van der Waals surface area contributed by atoms with Gasteiger partial charge in [-0.25, -0.2) is 4.98 Å². The first-order valence-electron chi connectivity index (χ1n) is 6.31. The molecule has 0 aromatic carbocycles. The summed E-state index contributed by atoms with van der Waals surface area (Å²) in [6, 6.07) is 4.50.